The van der Waals surface area contributed by atoms with Crippen LogP contribution in [0.4, 0.5) is 5.69 Å². The predicted octanol–water partition coefficient (Wildman–Crippen LogP) is 4.82. The molecule has 0 bridgehead atoms. The molecule has 1 aliphatic heterocycles. The van der Waals surface area contributed by atoms with E-state index in [1.807, 2.05) is 84.9 Å². The molecule has 0 saturated carbocycles. The van der Waals surface area contributed by atoms with Crippen LogP contribution in [0.3, 0.4) is 0 Å². The summed E-state index contributed by atoms with van der Waals surface area (Å²) in [5.41, 5.74) is 4.59. The van der Waals surface area contributed by atoms with Gasteiger partial charge in [-0.2, -0.15) is 0 Å². The zero-order valence-electron chi connectivity index (χ0n) is 16.4. The molecule has 0 radical (unpaired) electrons. The number of hydrogen-bond donors (Lipinski definition) is 2. The summed E-state index contributed by atoms with van der Waals surface area (Å²) < 4.78 is 5.33. The van der Waals surface area contributed by atoms with Crippen molar-refractivity contribution in [2.45, 2.75) is 12.5 Å². The number of hydrogen-bond acceptors (Lipinski definition) is 4. The van der Waals surface area contributed by atoms with E-state index in [4.69, 9.17) is 4.74 Å². The number of carbonyl (C=O) groups excluding carboxylic acids is 1. The van der Waals surface area contributed by atoms with E-state index in [2.05, 4.69) is 10.6 Å². The van der Waals surface area contributed by atoms with Gasteiger partial charge in [0, 0.05) is 29.6 Å². The topological polar surface area (TPSA) is 50.4 Å². The molecule has 1 aliphatic rings. The Balaban J connectivity index is 1.72. The van der Waals surface area contributed by atoms with Crippen molar-refractivity contribution in [3.8, 4) is 5.75 Å². The quantitative estimate of drug-likeness (QED) is 0.613. The summed E-state index contributed by atoms with van der Waals surface area (Å²) in [6, 6.07) is 27.1. The van der Waals surface area contributed by atoms with Gasteiger partial charge in [-0.05, 0) is 29.7 Å². The van der Waals surface area contributed by atoms with Gasteiger partial charge in [0.2, 0.25) is 0 Å². The molecule has 0 spiro atoms. The molecule has 0 aromatic heterocycles. The lowest BCUT2D eigenvalue weighted by molar-refractivity contribution is -0.116. The summed E-state index contributed by atoms with van der Waals surface area (Å²) in [6.07, 6.45) is 0.714. The fourth-order valence-electron chi connectivity index (χ4n) is 3.67. The molecule has 4 nitrogen and oxygen atoms in total. The average molecular weight is 384 g/mol. The van der Waals surface area contributed by atoms with Crippen LogP contribution in [-0.2, 0) is 4.79 Å². The Morgan fingerprint density at radius 1 is 0.966 bits per heavy atom. The second kappa shape index (κ2) is 8.65. The fourth-order valence-corrected chi connectivity index (χ4v) is 3.67. The first-order valence-electron chi connectivity index (χ1n) is 9.78. The Hall–Kier alpha value is -3.53. The van der Waals surface area contributed by atoms with Crippen LogP contribution in [0.2, 0.25) is 0 Å². The molecule has 0 amide bonds. The number of carbonyl (C=O) groups is 1. The molecule has 0 fully saturated rings. The van der Waals surface area contributed by atoms with E-state index in [9.17, 15) is 4.79 Å². The maximum Gasteiger partial charge on any atom is 0.187 e. The number of nitrogens with one attached hydrogen (secondary N) is 2. The van der Waals surface area contributed by atoms with Gasteiger partial charge in [-0.1, -0.05) is 66.7 Å². The van der Waals surface area contributed by atoms with Gasteiger partial charge in [0.25, 0.3) is 0 Å². The Bertz CT molecular complexity index is 1010. The zero-order valence-corrected chi connectivity index (χ0v) is 16.4. The number of ether oxygens (including phenoxy) is 1. The molecule has 4 heteroatoms. The second-order valence-electron chi connectivity index (χ2n) is 6.98. The third-order valence-corrected chi connectivity index (χ3v) is 5.11. The van der Waals surface area contributed by atoms with Crippen LogP contribution >= 0.6 is 0 Å². The number of rotatable bonds is 7. The molecule has 3 aromatic rings. The lowest BCUT2D eigenvalue weighted by atomic mass is 9.93. The lowest BCUT2D eigenvalue weighted by Crippen LogP contribution is -2.23. The number of ketones is 1. The standard InChI is InChI=1S/C25H24N2O2/c1-29-21-14-8-13-20(17-21)27-24(19-11-6-3-7-12-19)25(28)22-15-16-26-23(22)18-9-4-2-5-10-18/h2-14,17,24,26-27H,15-16H2,1H3. The SMILES string of the molecule is COc1cccc(NC(C(=O)C2=C(c3ccccc3)NCC2)c2ccccc2)c1. The maximum atomic E-state index is 13.7. The zero-order chi connectivity index (χ0) is 20.1. The highest BCUT2D eigenvalue weighted by molar-refractivity contribution is 6.07. The minimum absolute atomic E-state index is 0.0860. The van der Waals surface area contributed by atoms with Gasteiger partial charge >= 0.3 is 0 Å². The van der Waals surface area contributed by atoms with Crippen molar-refractivity contribution in [1.82, 2.24) is 5.32 Å². The predicted molar refractivity (Wildman–Crippen MR) is 117 cm³/mol. The van der Waals surface area contributed by atoms with E-state index in [-0.39, 0.29) is 5.78 Å². The lowest BCUT2D eigenvalue weighted by Gasteiger charge is -2.21. The van der Waals surface area contributed by atoms with E-state index >= 15 is 0 Å². The number of benzene rings is 3. The number of anilines is 1. The smallest absolute Gasteiger partial charge is 0.187 e. The summed E-state index contributed by atoms with van der Waals surface area (Å²) in [6.45, 7) is 0.770. The Kier molecular flexibility index (Phi) is 5.61. The van der Waals surface area contributed by atoms with Gasteiger partial charge in [0.1, 0.15) is 11.8 Å². The first kappa shape index (κ1) is 18.8. The van der Waals surface area contributed by atoms with Crippen molar-refractivity contribution in [3.05, 3.63) is 102 Å². The van der Waals surface area contributed by atoms with Crippen molar-refractivity contribution >= 4 is 17.2 Å². The molecule has 1 unspecified atom stereocenters. The minimum Gasteiger partial charge on any atom is -0.497 e. The normalized spacial score (nSPS) is 14.2. The molecule has 1 heterocycles. The molecular formula is C25H24N2O2. The van der Waals surface area contributed by atoms with Crippen molar-refractivity contribution in [3.63, 3.8) is 0 Å². The molecule has 146 valence electrons. The van der Waals surface area contributed by atoms with Crippen LogP contribution in [0.15, 0.2) is 90.5 Å². The molecule has 0 saturated heterocycles. The minimum atomic E-state index is -0.475. The van der Waals surface area contributed by atoms with E-state index < -0.39 is 6.04 Å². The van der Waals surface area contributed by atoms with Gasteiger partial charge in [-0.3, -0.25) is 4.79 Å². The molecule has 2 N–H and O–H groups in total. The first-order valence-corrected chi connectivity index (χ1v) is 9.78. The second-order valence-corrected chi connectivity index (χ2v) is 6.98. The highest BCUT2D eigenvalue weighted by Crippen LogP contribution is 2.31. The summed E-state index contributed by atoms with van der Waals surface area (Å²) in [5.74, 6) is 0.837. The summed E-state index contributed by atoms with van der Waals surface area (Å²) >= 11 is 0. The van der Waals surface area contributed by atoms with Crippen LogP contribution in [0.1, 0.15) is 23.6 Å². The summed E-state index contributed by atoms with van der Waals surface area (Å²) in [5, 5.41) is 6.83. The largest absolute Gasteiger partial charge is 0.497 e. The van der Waals surface area contributed by atoms with Gasteiger partial charge < -0.3 is 15.4 Å². The Labute approximate surface area is 171 Å². The summed E-state index contributed by atoms with van der Waals surface area (Å²) in [4.78, 5) is 13.7. The molecule has 29 heavy (non-hydrogen) atoms. The maximum absolute atomic E-state index is 13.7. The van der Waals surface area contributed by atoms with E-state index in [0.717, 1.165) is 40.4 Å². The van der Waals surface area contributed by atoms with E-state index in [0.29, 0.717) is 6.42 Å². The fraction of sp³-hybridized carbons (Fsp3) is 0.160. The molecular weight excluding hydrogens is 360 g/mol. The van der Waals surface area contributed by atoms with Gasteiger partial charge in [0.05, 0.1) is 7.11 Å². The number of methoxy groups -OCH3 is 1. The van der Waals surface area contributed by atoms with Gasteiger partial charge in [-0.25, -0.2) is 0 Å². The third kappa shape index (κ3) is 4.16. The van der Waals surface area contributed by atoms with Gasteiger partial charge in [0.15, 0.2) is 5.78 Å². The Morgan fingerprint density at radius 2 is 1.69 bits per heavy atom. The van der Waals surface area contributed by atoms with Crippen molar-refractivity contribution in [2.75, 3.05) is 19.0 Å². The van der Waals surface area contributed by atoms with Crippen molar-refractivity contribution in [2.24, 2.45) is 0 Å². The monoisotopic (exact) mass is 384 g/mol. The van der Waals surface area contributed by atoms with Crippen LogP contribution < -0.4 is 15.4 Å². The van der Waals surface area contributed by atoms with E-state index in [1.54, 1.807) is 7.11 Å². The molecule has 4 rings (SSSR count). The molecule has 3 aromatic carbocycles. The number of Topliss-reactive ketones (excluding diaryl/α,β-unsaturated/α-hetero) is 1. The molecule has 1 atom stereocenters. The summed E-state index contributed by atoms with van der Waals surface area (Å²) in [7, 11) is 1.64. The van der Waals surface area contributed by atoms with Crippen LogP contribution in [-0.4, -0.2) is 19.4 Å². The van der Waals surface area contributed by atoms with Crippen LogP contribution in [0, 0.1) is 0 Å². The van der Waals surface area contributed by atoms with Crippen LogP contribution in [0.5, 0.6) is 5.75 Å². The van der Waals surface area contributed by atoms with Crippen LogP contribution in [0.25, 0.3) is 5.70 Å². The highest BCUT2D eigenvalue weighted by atomic mass is 16.5. The van der Waals surface area contributed by atoms with Crippen molar-refractivity contribution in [1.29, 1.82) is 0 Å². The third-order valence-electron chi connectivity index (χ3n) is 5.11. The highest BCUT2D eigenvalue weighted by Gasteiger charge is 2.29. The Morgan fingerprint density at radius 3 is 2.41 bits per heavy atom. The first-order chi connectivity index (χ1) is 14.3. The van der Waals surface area contributed by atoms with Crippen molar-refractivity contribution < 1.29 is 9.53 Å². The van der Waals surface area contributed by atoms with E-state index in [1.165, 1.54) is 0 Å². The van der Waals surface area contributed by atoms with Gasteiger partial charge in [-0.15, -0.1) is 0 Å². The molecule has 0 aliphatic carbocycles. The average Bonchev–Trinajstić information content (AvgIpc) is 3.28.